The summed E-state index contributed by atoms with van der Waals surface area (Å²) in [6, 6.07) is 5.95. The van der Waals surface area contributed by atoms with Crippen molar-refractivity contribution in [3.8, 4) is 6.07 Å². The first-order valence-electron chi connectivity index (χ1n) is 7.90. The number of carbonyl (C=O) groups is 2. The molecule has 2 aromatic rings. The molecule has 1 amide bonds. The molecule has 3 rings (SSSR count). The van der Waals surface area contributed by atoms with Gasteiger partial charge in [-0.05, 0) is 48.8 Å². The van der Waals surface area contributed by atoms with Crippen LogP contribution in [0.15, 0.2) is 23.6 Å². The standard InChI is InChI=1S/C18H16N2O3S2/c19-10-14-13-5-1-2-6-15(13)25-18(14)20-16(21)11-23-17(22)8-7-12-4-3-9-24-12/h3-4,7-9H,1-2,5-6,11H2,(H,20,21)/b8-7+. The van der Waals surface area contributed by atoms with Gasteiger partial charge in [0.2, 0.25) is 0 Å². The Labute approximate surface area is 153 Å². The minimum atomic E-state index is -0.575. The number of hydrogen-bond donors (Lipinski definition) is 1. The van der Waals surface area contributed by atoms with Gasteiger partial charge in [0.05, 0.1) is 5.56 Å². The maximum atomic E-state index is 12.0. The number of ether oxygens (including phenoxy) is 1. The van der Waals surface area contributed by atoms with Crippen molar-refractivity contribution < 1.29 is 14.3 Å². The van der Waals surface area contributed by atoms with E-state index in [1.54, 1.807) is 6.08 Å². The average Bonchev–Trinajstić information content (AvgIpc) is 3.25. The van der Waals surface area contributed by atoms with Gasteiger partial charge in [-0.3, -0.25) is 4.79 Å². The predicted molar refractivity (Wildman–Crippen MR) is 98.6 cm³/mol. The Kier molecular flexibility index (Phi) is 5.64. The summed E-state index contributed by atoms with van der Waals surface area (Å²) in [5.74, 6) is -1.01. The van der Waals surface area contributed by atoms with Crippen LogP contribution in [0.25, 0.3) is 6.08 Å². The van der Waals surface area contributed by atoms with Crippen LogP contribution < -0.4 is 5.32 Å². The molecule has 1 aliphatic rings. The average molecular weight is 372 g/mol. The van der Waals surface area contributed by atoms with Crippen molar-refractivity contribution in [1.29, 1.82) is 5.26 Å². The Morgan fingerprint density at radius 2 is 2.20 bits per heavy atom. The molecule has 2 heterocycles. The minimum Gasteiger partial charge on any atom is -0.452 e. The number of aryl methyl sites for hydroxylation is 1. The van der Waals surface area contributed by atoms with Crippen LogP contribution in [0, 0.1) is 11.3 Å². The minimum absolute atomic E-state index is 0.374. The van der Waals surface area contributed by atoms with Gasteiger partial charge in [-0.1, -0.05) is 6.07 Å². The molecule has 0 fully saturated rings. The number of nitrogens with zero attached hydrogens (tertiary/aromatic N) is 1. The molecule has 1 N–H and O–H groups in total. The molecular formula is C18H16N2O3S2. The molecule has 7 heteroatoms. The first-order chi connectivity index (χ1) is 12.2. The number of carbonyl (C=O) groups excluding carboxylic acids is 2. The number of esters is 1. The third kappa shape index (κ3) is 4.35. The summed E-state index contributed by atoms with van der Waals surface area (Å²) in [7, 11) is 0. The van der Waals surface area contributed by atoms with E-state index >= 15 is 0 Å². The Morgan fingerprint density at radius 3 is 2.96 bits per heavy atom. The number of fused-ring (bicyclic) bond motifs is 1. The number of nitriles is 1. The fraction of sp³-hybridized carbons (Fsp3) is 0.278. The van der Waals surface area contributed by atoms with Gasteiger partial charge in [0, 0.05) is 15.8 Å². The lowest BCUT2D eigenvalue weighted by molar-refractivity contribution is -0.142. The summed E-state index contributed by atoms with van der Waals surface area (Å²) in [6.45, 7) is -0.374. The molecule has 0 unspecified atom stereocenters. The molecule has 0 aromatic carbocycles. The largest absolute Gasteiger partial charge is 0.452 e. The van der Waals surface area contributed by atoms with Gasteiger partial charge >= 0.3 is 5.97 Å². The zero-order valence-electron chi connectivity index (χ0n) is 13.4. The van der Waals surface area contributed by atoms with E-state index in [4.69, 9.17) is 4.74 Å². The number of amides is 1. The van der Waals surface area contributed by atoms with Crippen LogP contribution in [0.4, 0.5) is 5.00 Å². The molecule has 0 spiro atoms. The molecule has 5 nitrogen and oxygen atoms in total. The topological polar surface area (TPSA) is 79.2 Å². The second kappa shape index (κ2) is 8.10. The monoisotopic (exact) mass is 372 g/mol. The van der Waals surface area contributed by atoms with Crippen molar-refractivity contribution in [2.24, 2.45) is 0 Å². The van der Waals surface area contributed by atoms with Crippen molar-refractivity contribution in [1.82, 2.24) is 0 Å². The number of nitrogens with one attached hydrogen (secondary N) is 1. The lowest BCUT2D eigenvalue weighted by Crippen LogP contribution is -2.20. The molecule has 0 radical (unpaired) electrons. The van der Waals surface area contributed by atoms with Crippen LogP contribution in [-0.4, -0.2) is 18.5 Å². The van der Waals surface area contributed by atoms with Crippen LogP contribution in [0.1, 0.15) is 33.7 Å². The van der Waals surface area contributed by atoms with Crippen molar-refractivity contribution in [3.05, 3.63) is 44.5 Å². The number of thiophene rings is 2. The summed E-state index contributed by atoms with van der Waals surface area (Å²) in [6.07, 6.45) is 6.95. The van der Waals surface area contributed by atoms with Gasteiger partial charge in [0.1, 0.15) is 11.1 Å². The molecule has 128 valence electrons. The highest BCUT2D eigenvalue weighted by Gasteiger charge is 2.21. The van der Waals surface area contributed by atoms with E-state index in [-0.39, 0.29) is 6.61 Å². The first kappa shape index (κ1) is 17.4. The summed E-state index contributed by atoms with van der Waals surface area (Å²) >= 11 is 2.96. The molecule has 0 bridgehead atoms. The lowest BCUT2D eigenvalue weighted by Gasteiger charge is -2.09. The third-order valence-corrected chi connectivity index (χ3v) is 5.85. The highest BCUT2D eigenvalue weighted by Crippen LogP contribution is 2.37. The maximum absolute atomic E-state index is 12.0. The van der Waals surface area contributed by atoms with E-state index in [2.05, 4.69) is 11.4 Å². The summed E-state index contributed by atoms with van der Waals surface area (Å²) in [4.78, 5) is 25.8. The van der Waals surface area contributed by atoms with Gasteiger partial charge in [0.25, 0.3) is 5.91 Å². The SMILES string of the molecule is N#Cc1c(NC(=O)COC(=O)/C=C/c2cccs2)sc2c1CCCC2. The van der Waals surface area contributed by atoms with Crippen LogP contribution in [0.5, 0.6) is 0 Å². The van der Waals surface area contributed by atoms with Crippen LogP contribution in [-0.2, 0) is 27.2 Å². The number of rotatable bonds is 5. The van der Waals surface area contributed by atoms with Gasteiger partial charge in [0.15, 0.2) is 6.61 Å². The van der Waals surface area contributed by atoms with E-state index in [0.29, 0.717) is 10.6 Å². The third-order valence-electron chi connectivity index (χ3n) is 3.81. The van der Waals surface area contributed by atoms with Crippen LogP contribution >= 0.6 is 22.7 Å². The van der Waals surface area contributed by atoms with E-state index in [1.165, 1.54) is 33.6 Å². The fourth-order valence-corrected chi connectivity index (χ4v) is 4.53. The van der Waals surface area contributed by atoms with E-state index in [0.717, 1.165) is 36.1 Å². The highest BCUT2D eigenvalue weighted by atomic mass is 32.1. The molecule has 0 saturated carbocycles. The highest BCUT2D eigenvalue weighted by molar-refractivity contribution is 7.16. The van der Waals surface area contributed by atoms with E-state index < -0.39 is 11.9 Å². The Hall–Kier alpha value is -2.43. The zero-order valence-corrected chi connectivity index (χ0v) is 15.0. The normalized spacial score (nSPS) is 13.2. The summed E-state index contributed by atoms with van der Waals surface area (Å²) < 4.78 is 4.94. The maximum Gasteiger partial charge on any atom is 0.331 e. The van der Waals surface area contributed by atoms with Gasteiger partial charge < -0.3 is 10.1 Å². The summed E-state index contributed by atoms with van der Waals surface area (Å²) in [5, 5.41) is 14.5. The van der Waals surface area contributed by atoms with E-state index in [1.807, 2.05) is 17.5 Å². The molecule has 0 atom stereocenters. The molecular weight excluding hydrogens is 356 g/mol. The predicted octanol–water partition coefficient (Wildman–Crippen LogP) is 3.76. The molecule has 0 aliphatic heterocycles. The molecule has 0 saturated heterocycles. The first-order valence-corrected chi connectivity index (χ1v) is 9.60. The Morgan fingerprint density at radius 1 is 1.36 bits per heavy atom. The molecule has 2 aromatic heterocycles. The summed E-state index contributed by atoms with van der Waals surface area (Å²) in [5.41, 5.74) is 1.61. The second-order valence-electron chi connectivity index (χ2n) is 5.53. The second-order valence-corrected chi connectivity index (χ2v) is 7.62. The molecule has 25 heavy (non-hydrogen) atoms. The van der Waals surface area contributed by atoms with Crippen molar-refractivity contribution in [2.45, 2.75) is 25.7 Å². The number of hydrogen-bond acceptors (Lipinski definition) is 6. The van der Waals surface area contributed by atoms with E-state index in [9.17, 15) is 14.9 Å². The Bertz CT molecular complexity index is 845. The van der Waals surface area contributed by atoms with Gasteiger partial charge in [-0.15, -0.1) is 22.7 Å². The smallest absolute Gasteiger partial charge is 0.331 e. The molecule has 1 aliphatic carbocycles. The fourth-order valence-electron chi connectivity index (χ4n) is 2.66. The van der Waals surface area contributed by atoms with Gasteiger partial charge in [-0.25, -0.2) is 4.79 Å². The van der Waals surface area contributed by atoms with Crippen molar-refractivity contribution >= 4 is 45.6 Å². The lowest BCUT2D eigenvalue weighted by atomic mass is 9.96. The van der Waals surface area contributed by atoms with Gasteiger partial charge in [-0.2, -0.15) is 5.26 Å². The van der Waals surface area contributed by atoms with Crippen LogP contribution in [0.3, 0.4) is 0 Å². The number of anilines is 1. The Balaban J connectivity index is 1.55. The zero-order chi connectivity index (χ0) is 17.6. The van der Waals surface area contributed by atoms with Crippen molar-refractivity contribution in [3.63, 3.8) is 0 Å². The quantitative estimate of drug-likeness (QED) is 0.640. The van der Waals surface area contributed by atoms with Crippen LogP contribution in [0.2, 0.25) is 0 Å². The van der Waals surface area contributed by atoms with Crippen molar-refractivity contribution in [2.75, 3.05) is 11.9 Å².